The Balaban J connectivity index is 1.35. The van der Waals surface area contributed by atoms with Crippen molar-refractivity contribution in [2.45, 2.75) is 50.6 Å². The molecule has 2 aromatic rings. The lowest BCUT2D eigenvalue weighted by Gasteiger charge is -2.33. The molecule has 7 heteroatoms. The highest BCUT2D eigenvalue weighted by atomic mass is 16.5. The van der Waals surface area contributed by atoms with Crippen molar-refractivity contribution in [1.29, 1.82) is 0 Å². The van der Waals surface area contributed by atoms with Gasteiger partial charge in [0.15, 0.2) is 5.76 Å². The zero-order chi connectivity index (χ0) is 17.2. The maximum atomic E-state index is 12.7. The molecular weight excluding hydrogens is 320 g/mol. The Morgan fingerprint density at radius 2 is 2.12 bits per heavy atom. The van der Waals surface area contributed by atoms with E-state index < -0.39 is 0 Å². The monoisotopic (exact) mass is 344 g/mol. The molecule has 134 valence electrons. The van der Waals surface area contributed by atoms with Crippen molar-refractivity contribution in [3.63, 3.8) is 0 Å². The quantitative estimate of drug-likeness (QED) is 0.829. The number of amides is 1. The molecule has 4 heterocycles. The van der Waals surface area contributed by atoms with Crippen LogP contribution in [0.25, 0.3) is 11.6 Å². The maximum Gasteiger partial charge on any atom is 0.238 e. The summed E-state index contributed by atoms with van der Waals surface area (Å²) in [4.78, 5) is 21.5. The van der Waals surface area contributed by atoms with E-state index in [-0.39, 0.29) is 5.91 Å². The first kappa shape index (κ1) is 16.3. The molecule has 0 aromatic carbocycles. The molecule has 2 aromatic heterocycles. The summed E-state index contributed by atoms with van der Waals surface area (Å²) in [6.07, 6.45) is 7.09. The average Bonchev–Trinajstić information content (AvgIpc) is 3.37. The first-order valence-corrected chi connectivity index (χ1v) is 9.08. The fourth-order valence-corrected chi connectivity index (χ4v) is 4.14. The summed E-state index contributed by atoms with van der Waals surface area (Å²) >= 11 is 0. The van der Waals surface area contributed by atoms with Crippen LogP contribution in [-0.2, 0) is 11.2 Å². The van der Waals surface area contributed by atoms with Crippen LogP contribution in [0, 0.1) is 0 Å². The number of carbonyl (C=O) groups excluding carboxylic acids is 1. The van der Waals surface area contributed by atoms with Gasteiger partial charge in [0.25, 0.3) is 0 Å². The fourth-order valence-electron chi connectivity index (χ4n) is 4.14. The van der Waals surface area contributed by atoms with E-state index in [4.69, 9.17) is 8.94 Å². The topological polar surface area (TPSA) is 75.6 Å². The second-order valence-corrected chi connectivity index (χ2v) is 6.98. The van der Waals surface area contributed by atoms with Crippen molar-refractivity contribution in [3.05, 3.63) is 24.3 Å². The largest absolute Gasteiger partial charge is 0.461 e. The van der Waals surface area contributed by atoms with Crippen LogP contribution in [-0.4, -0.2) is 58.1 Å². The molecule has 0 bridgehead atoms. The normalized spacial score (nSPS) is 24.3. The predicted molar refractivity (Wildman–Crippen MR) is 90.7 cm³/mol. The minimum atomic E-state index is 0.195. The Bertz CT molecular complexity index is 712. The van der Waals surface area contributed by atoms with Gasteiger partial charge in [0.1, 0.15) is 0 Å². The van der Waals surface area contributed by atoms with Gasteiger partial charge >= 0.3 is 0 Å². The molecule has 0 aliphatic carbocycles. The van der Waals surface area contributed by atoms with E-state index in [2.05, 4.69) is 27.0 Å². The number of aryl methyl sites for hydroxylation is 1. The fraction of sp³-hybridized carbons (Fsp3) is 0.611. The summed E-state index contributed by atoms with van der Waals surface area (Å²) in [5, 5.41) is 3.91. The Kier molecular flexibility index (Phi) is 4.57. The van der Waals surface area contributed by atoms with Gasteiger partial charge in [-0.1, -0.05) is 5.16 Å². The summed E-state index contributed by atoms with van der Waals surface area (Å²) in [6.45, 7) is 2.01. The first-order chi connectivity index (χ1) is 12.2. The first-order valence-electron chi connectivity index (χ1n) is 9.08. The number of likely N-dealkylation sites (tertiary alicyclic amines) is 2. The van der Waals surface area contributed by atoms with Crippen molar-refractivity contribution in [2.75, 3.05) is 20.1 Å². The standard InChI is InChI=1S/C18H24N4O3/c1-21-10-2-5-13(21)14-6-3-11-22(14)17(23)9-8-16-19-18(20-25-16)15-7-4-12-24-15/h4,7,12-14H,2-3,5-6,8-11H2,1H3/t13-,14+/m1/s1. The van der Waals surface area contributed by atoms with Crippen molar-refractivity contribution in [1.82, 2.24) is 19.9 Å². The number of carbonyl (C=O) groups is 1. The van der Waals surface area contributed by atoms with Gasteiger partial charge in [0, 0.05) is 31.5 Å². The summed E-state index contributed by atoms with van der Waals surface area (Å²) in [5.74, 6) is 1.68. The van der Waals surface area contributed by atoms with E-state index in [1.54, 1.807) is 18.4 Å². The Morgan fingerprint density at radius 3 is 2.88 bits per heavy atom. The second-order valence-electron chi connectivity index (χ2n) is 6.98. The van der Waals surface area contributed by atoms with Crippen LogP contribution in [0.2, 0.25) is 0 Å². The van der Waals surface area contributed by atoms with Crippen molar-refractivity contribution in [2.24, 2.45) is 0 Å². The minimum Gasteiger partial charge on any atom is -0.461 e. The number of aromatic nitrogens is 2. The van der Waals surface area contributed by atoms with Crippen LogP contribution >= 0.6 is 0 Å². The molecule has 0 radical (unpaired) electrons. The molecular formula is C18H24N4O3. The van der Waals surface area contributed by atoms with E-state index in [1.807, 2.05) is 0 Å². The lowest BCUT2D eigenvalue weighted by atomic mass is 10.0. The summed E-state index contributed by atoms with van der Waals surface area (Å²) < 4.78 is 10.5. The SMILES string of the molecule is CN1CCC[C@@H]1[C@@H]1CCCN1C(=O)CCc1nc(-c2ccco2)no1. The van der Waals surface area contributed by atoms with Gasteiger partial charge in [-0.2, -0.15) is 4.98 Å². The zero-order valence-corrected chi connectivity index (χ0v) is 14.6. The minimum absolute atomic E-state index is 0.195. The van der Waals surface area contributed by atoms with Crippen LogP contribution < -0.4 is 0 Å². The average molecular weight is 344 g/mol. The number of likely N-dealkylation sites (N-methyl/N-ethyl adjacent to an activating group) is 1. The highest BCUT2D eigenvalue weighted by molar-refractivity contribution is 5.77. The van der Waals surface area contributed by atoms with Crippen molar-refractivity contribution >= 4 is 5.91 Å². The Hall–Kier alpha value is -2.15. The predicted octanol–water partition coefficient (Wildman–Crippen LogP) is 2.35. The maximum absolute atomic E-state index is 12.7. The summed E-state index contributed by atoms with van der Waals surface area (Å²) in [5.41, 5.74) is 0. The molecule has 2 saturated heterocycles. The number of furan rings is 1. The van der Waals surface area contributed by atoms with E-state index in [1.165, 1.54) is 12.8 Å². The van der Waals surface area contributed by atoms with Crippen LogP contribution in [0.1, 0.15) is 38.0 Å². The molecule has 0 spiro atoms. The van der Waals surface area contributed by atoms with Crippen LogP contribution in [0.4, 0.5) is 0 Å². The lowest BCUT2D eigenvalue weighted by molar-refractivity contribution is -0.133. The number of hydrogen-bond donors (Lipinski definition) is 0. The van der Waals surface area contributed by atoms with Crippen LogP contribution in [0.3, 0.4) is 0 Å². The highest BCUT2D eigenvalue weighted by Crippen LogP contribution is 2.29. The number of hydrogen-bond acceptors (Lipinski definition) is 6. The molecule has 2 atom stereocenters. The van der Waals surface area contributed by atoms with Gasteiger partial charge in [0.2, 0.25) is 17.6 Å². The molecule has 0 N–H and O–H groups in total. The zero-order valence-electron chi connectivity index (χ0n) is 14.6. The number of nitrogens with zero attached hydrogens (tertiary/aromatic N) is 4. The van der Waals surface area contributed by atoms with E-state index >= 15 is 0 Å². The molecule has 0 unspecified atom stereocenters. The molecule has 2 fully saturated rings. The molecule has 2 aliphatic heterocycles. The molecule has 0 saturated carbocycles. The van der Waals surface area contributed by atoms with Gasteiger partial charge in [0.05, 0.1) is 6.26 Å². The summed E-state index contributed by atoms with van der Waals surface area (Å²) in [7, 11) is 2.17. The third-order valence-corrected chi connectivity index (χ3v) is 5.40. The second kappa shape index (κ2) is 7.00. The Labute approximate surface area is 147 Å². The van der Waals surface area contributed by atoms with Gasteiger partial charge in [-0.15, -0.1) is 0 Å². The van der Waals surface area contributed by atoms with Gasteiger partial charge in [-0.05, 0) is 51.4 Å². The number of rotatable bonds is 5. The van der Waals surface area contributed by atoms with Crippen LogP contribution in [0.5, 0.6) is 0 Å². The van der Waals surface area contributed by atoms with E-state index in [9.17, 15) is 4.79 Å². The van der Waals surface area contributed by atoms with E-state index in [0.29, 0.717) is 42.4 Å². The van der Waals surface area contributed by atoms with Crippen molar-refractivity contribution < 1.29 is 13.7 Å². The summed E-state index contributed by atoms with van der Waals surface area (Å²) in [6, 6.07) is 4.44. The smallest absolute Gasteiger partial charge is 0.238 e. The molecule has 4 rings (SSSR count). The van der Waals surface area contributed by atoms with Gasteiger partial charge in [-0.25, -0.2) is 0 Å². The third-order valence-electron chi connectivity index (χ3n) is 5.40. The molecule has 2 aliphatic rings. The molecule has 25 heavy (non-hydrogen) atoms. The Morgan fingerprint density at radius 1 is 1.28 bits per heavy atom. The van der Waals surface area contributed by atoms with Gasteiger partial charge < -0.3 is 18.7 Å². The highest BCUT2D eigenvalue weighted by Gasteiger charge is 2.38. The lowest BCUT2D eigenvalue weighted by Crippen LogP contribution is -2.47. The van der Waals surface area contributed by atoms with Crippen LogP contribution in [0.15, 0.2) is 27.3 Å². The van der Waals surface area contributed by atoms with E-state index in [0.717, 1.165) is 25.9 Å². The van der Waals surface area contributed by atoms with Gasteiger partial charge in [-0.3, -0.25) is 4.79 Å². The molecule has 1 amide bonds. The molecule has 7 nitrogen and oxygen atoms in total. The third kappa shape index (κ3) is 3.33. The van der Waals surface area contributed by atoms with Crippen molar-refractivity contribution in [3.8, 4) is 11.6 Å².